The van der Waals surface area contributed by atoms with Gasteiger partial charge in [0.2, 0.25) is 11.5 Å². The Morgan fingerprint density at radius 1 is 1.14 bits per heavy atom. The number of rotatable bonds is 5. The molecule has 2 fully saturated rings. The SMILES string of the molecule is Cc1cc(-c2nc(C(=O)Nc3cc4oc(N5CCOCC5)nc4nc3N3CCC(F)C3)co2)ccn1. The first-order valence-corrected chi connectivity index (χ1v) is 11.8. The van der Waals surface area contributed by atoms with Gasteiger partial charge in [-0.1, -0.05) is 0 Å². The second-order valence-electron chi connectivity index (χ2n) is 8.79. The lowest BCUT2D eigenvalue weighted by Crippen LogP contribution is -2.36. The minimum Gasteiger partial charge on any atom is -0.444 e. The zero-order valence-corrected chi connectivity index (χ0v) is 19.6. The summed E-state index contributed by atoms with van der Waals surface area (Å²) in [6.45, 7) is 5.01. The van der Waals surface area contributed by atoms with Gasteiger partial charge in [-0.05, 0) is 25.5 Å². The van der Waals surface area contributed by atoms with Gasteiger partial charge in [0.1, 0.15) is 12.4 Å². The number of ether oxygens (including phenoxy) is 1. The fraction of sp³-hybridized carbons (Fsp3) is 0.375. The molecule has 1 N–H and O–H groups in total. The van der Waals surface area contributed by atoms with Crippen molar-refractivity contribution >= 4 is 34.7 Å². The zero-order chi connectivity index (χ0) is 24.6. The molecule has 6 heterocycles. The number of fused-ring (bicyclic) bond motifs is 1. The summed E-state index contributed by atoms with van der Waals surface area (Å²) in [7, 11) is 0. The molecule has 4 aromatic heterocycles. The highest BCUT2D eigenvalue weighted by Crippen LogP contribution is 2.33. The zero-order valence-electron chi connectivity index (χ0n) is 19.6. The Morgan fingerprint density at radius 2 is 2.00 bits per heavy atom. The maximum atomic E-state index is 14.0. The number of alkyl halides is 1. The van der Waals surface area contributed by atoms with Gasteiger partial charge < -0.3 is 28.7 Å². The third-order valence-electron chi connectivity index (χ3n) is 6.19. The van der Waals surface area contributed by atoms with Crippen LogP contribution < -0.4 is 15.1 Å². The van der Waals surface area contributed by atoms with Crippen LogP contribution in [0.2, 0.25) is 0 Å². The van der Waals surface area contributed by atoms with E-state index < -0.39 is 12.1 Å². The van der Waals surface area contributed by atoms with Gasteiger partial charge >= 0.3 is 0 Å². The highest BCUT2D eigenvalue weighted by atomic mass is 19.1. The molecule has 2 saturated heterocycles. The lowest BCUT2D eigenvalue weighted by atomic mass is 10.2. The third-order valence-corrected chi connectivity index (χ3v) is 6.19. The number of oxazole rings is 2. The molecule has 4 aromatic rings. The monoisotopic (exact) mass is 493 g/mol. The van der Waals surface area contributed by atoms with Gasteiger partial charge in [0, 0.05) is 43.2 Å². The van der Waals surface area contributed by atoms with Crippen LogP contribution >= 0.6 is 0 Å². The number of nitrogens with one attached hydrogen (secondary N) is 1. The molecule has 12 heteroatoms. The number of carbonyl (C=O) groups excluding carboxylic acids is 1. The Morgan fingerprint density at radius 3 is 2.78 bits per heavy atom. The number of halogens is 1. The molecule has 2 aliphatic rings. The number of pyridine rings is 2. The van der Waals surface area contributed by atoms with Crippen LogP contribution in [-0.4, -0.2) is 71.4 Å². The van der Waals surface area contributed by atoms with E-state index in [1.807, 2.05) is 17.9 Å². The molecule has 6 rings (SSSR count). The van der Waals surface area contributed by atoms with E-state index in [1.54, 1.807) is 23.2 Å². The summed E-state index contributed by atoms with van der Waals surface area (Å²) in [6.07, 6.45) is 2.38. The summed E-state index contributed by atoms with van der Waals surface area (Å²) in [5.41, 5.74) is 2.82. The van der Waals surface area contributed by atoms with Crippen molar-refractivity contribution in [1.29, 1.82) is 0 Å². The fourth-order valence-electron chi connectivity index (χ4n) is 4.35. The minimum atomic E-state index is -0.964. The van der Waals surface area contributed by atoms with Crippen molar-refractivity contribution in [3.63, 3.8) is 0 Å². The van der Waals surface area contributed by atoms with Crippen LogP contribution in [0.25, 0.3) is 22.7 Å². The van der Waals surface area contributed by atoms with Gasteiger partial charge in [-0.2, -0.15) is 4.98 Å². The molecule has 0 saturated carbocycles. The van der Waals surface area contributed by atoms with E-state index in [0.717, 1.165) is 5.69 Å². The molecule has 1 atom stereocenters. The Balaban J connectivity index is 1.31. The van der Waals surface area contributed by atoms with Gasteiger partial charge in [-0.15, -0.1) is 0 Å². The van der Waals surface area contributed by atoms with Crippen molar-refractivity contribution in [3.8, 4) is 11.5 Å². The average molecular weight is 493 g/mol. The molecule has 11 nitrogen and oxygen atoms in total. The van der Waals surface area contributed by atoms with Crippen LogP contribution in [0.1, 0.15) is 22.6 Å². The number of aromatic nitrogens is 4. The quantitative estimate of drug-likeness (QED) is 0.443. The second-order valence-corrected chi connectivity index (χ2v) is 8.79. The molecule has 1 amide bonds. The number of aryl methyl sites for hydroxylation is 1. The summed E-state index contributed by atoms with van der Waals surface area (Å²) < 4.78 is 30.9. The number of nitrogens with zero attached hydrogens (tertiary/aromatic N) is 6. The predicted octanol–water partition coefficient (Wildman–Crippen LogP) is 3.22. The first-order chi connectivity index (χ1) is 17.5. The summed E-state index contributed by atoms with van der Waals surface area (Å²) in [5.74, 6) is 0.262. The highest BCUT2D eigenvalue weighted by Gasteiger charge is 2.28. The maximum absolute atomic E-state index is 14.0. The van der Waals surface area contributed by atoms with Crippen molar-refractivity contribution < 1.29 is 22.8 Å². The largest absolute Gasteiger partial charge is 0.444 e. The third kappa shape index (κ3) is 4.35. The van der Waals surface area contributed by atoms with Crippen LogP contribution in [0.5, 0.6) is 0 Å². The van der Waals surface area contributed by atoms with Crippen LogP contribution in [0.15, 0.2) is 39.5 Å². The molecular weight excluding hydrogens is 469 g/mol. The molecule has 0 aliphatic carbocycles. The molecule has 36 heavy (non-hydrogen) atoms. The molecule has 2 aliphatic heterocycles. The Labute approximate surface area is 205 Å². The molecule has 186 valence electrons. The van der Waals surface area contributed by atoms with Crippen LogP contribution in [0.3, 0.4) is 0 Å². The normalized spacial score (nSPS) is 18.2. The minimum absolute atomic E-state index is 0.0990. The van der Waals surface area contributed by atoms with Gasteiger partial charge in [-0.3, -0.25) is 9.78 Å². The average Bonchev–Trinajstić information content (AvgIpc) is 3.63. The lowest BCUT2D eigenvalue weighted by Gasteiger charge is -2.24. The highest BCUT2D eigenvalue weighted by molar-refractivity contribution is 6.05. The molecule has 1 unspecified atom stereocenters. The van der Waals surface area contributed by atoms with Crippen LogP contribution in [-0.2, 0) is 4.74 Å². The first kappa shape index (κ1) is 22.4. The molecular formula is C24H24FN7O4. The van der Waals surface area contributed by atoms with E-state index in [-0.39, 0.29) is 12.2 Å². The number of morpholine rings is 1. The van der Waals surface area contributed by atoms with Crippen molar-refractivity contribution in [3.05, 3.63) is 42.0 Å². The van der Waals surface area contributed by atoms with Crippen molar-refractivity contribution in [2.24, 2.45) is 0 Å². The Bertz CT molecular complexity index is 1410. The summed E-state index contributed by atoms with van der Waals surface area (Å²) >= 11 is 0. The first-order valence-electron chi connectivity index (χ1n) is 11.8. The number of carbonyl (C=O) groups is 1. The summed E-state index contributed by atoms with van der Waals surface area (Å²) in [5, 5.41) is 2.85. The topological polar surface area (TPSA) is 123 Å². The van der Waals surface area contributed by atoms with E-state index in [4.69, 9.17) is 13.6 Å². The number of hydrogen-bond donors (Lipinski definition) is 1. The van der Waals surface area contributed by atoms with Crippen molar-refractivity contribution in [2.45, 2.75) is 19.5 Å². The maximum Gasteiger partial charge on any atom is 0.300 e. The van der Waals surface area contributed by atoms with Crippen molar-refractivity contribution in [1.82, 2.24) is 19.9 Å². The van der Waals surface area contributed by atoms with E-state index in [9.17, 15) is 9.18 Å². The Kier molecular flexibility index (Phi) is 5.72. The summed E-state index contributed by atoms with van der Waals surface area (Å²) in [4.78, 5) is 34.6. The molecule has 0 radical (unpaired) electrons. The Hall–Kier alpha value is -4.06. The van der Waals surface area contributed by atoms with Gasteiger partial charge in [0.25, 0.3) is 11.9 Å². The van der Waals surface area contributed by atoms with Crippen molar-refractivity contribution in [2.75, 3.05) is 54.5 Å². The van der Waals surface area contributed by atoms with E-state index >= 15 is 0 Å². The van der Waals surface area contributed by atoms with Gasteiger partial charge in [0.15, 0.2) is 17.1 Å². The number of amides is 1. The van der Waals surface area contributed by atoms with Crippen LogP contribution in [0, 0.1) is 6.92 Å². The summed E-state index contributed by atoms with van der Waals surface area (Å²) in [6, 6.07) is 5.69. The second kappa shape index (κ2) is 9.19. The van der Waals surface area contributed by atoms with E-state index in [1.165, 1.54) is 6.26 Å². The predicted molar refractivity (Wildman–Crippen MR) is 129 cm³/mol. The number of anilines is 3. The van der Waals surface area contributed by atoms with E-state index in [2.05, 4.69) is 25.3 Å². The fourth-order valence-corrected chi connectivity index (χ4v) is 4.35. The number of hydrogen-bond acceptors (Lipinski definition) is 10. The van der Waals surface area contributed by atoms with Crippen LogP contribution in [0.4, 0.5) is 21.9 Å². The van der Waals surface area contributed by atoms with E-state index in [0.29, 0.717) is 79.5 Å². The smallest absolute Gasteiger partial charge is 0.300 e. The van der Waals surface area contributed by atoms with Gasteiger partial charge in [0.05, 0.1) is 25.4 Å². The molecule has 0 aromatic carbocycles. The lowest BCUT2D eigenvalue weighted by molar-refractivity contribution is 0.102. The standard InChI is InChI=1S/C24H24FN7O4/c1-14-10-15(2-4-26-14)23-28-18(13-35-23)22(33)27-17-11-19-20(29-21(17)32-5-3-16(25)12-32)30-24(36-19)31-6-8-34-9-7-31/h2,4,10-11,13,16H,3,5-9,12H2,1H3,(H,27,33). The molecule has 0 spiro atoms. The van der Waals surface area contributed by atoms with Gasteiger partial charge in [-0.25, -0.2) is 14.4 Å². The molecule has 0 bridgehead atoms.